The van der Waals surface area contributed by atoms with Gasteiger partial charge >= 0.3 is 0 Å². The van der Waals surface area contributed by atoms with Gasteiger partial charge in [0.15, 0.2) is 0 Å². The Labute approximate surface area is 122 Å². The Morgan fingerprint density at radius 3 is 2.55 bits per heavy atom. The zero-order valence-corrected chi connectivity index (χ0v) is 12.2. The number of hydrogen-bond acceptors (Lipinski definition) is 3. The average molecular weight is 307 g/mol. The molecule has 0 aliphatic rings. The SMILES string of the molecule is Cc1ccc(C#N)cc1NS(=O)(=O)c1ccccc1Cl. The van der Waals surface area contributed by atoms with Gasteiger partial charge in [-0.3, -0.25) is 4.72 Å². The number of nitrogens with one attached hydrogen (secondary N) is 1. The Morgan fingerprint density at radius 2 is 1.90 bits per heavy atom. The van der Waals surface area contributed by atoms with E-state index in [1.807, 2.05) is 6.07 Å². The molecule has 6 heteroatoms. The molecule has 0 aliphatic carbocycles. The first-order chi connectivity index (χ1) is 9.44. The highest BCUT2D eigenvalue weighted by molar-refractivity contribution is 7.92. The third kappa shape index (κ3) is 2.93. The molecule has 0 atom stereocenters. The van der Waals surface area contributed by atoms with Crippen molar-refractivity contribution in [2.24, 2.45) is 0 Å². The molecule has 0 heterocycles. The van der Waals surface area contributed by atoms with Crippen LogP contribution in [0.3, 0.4) is 0 Å². The maximum Gasteiger partial charge on any atom is 0.263 e. The number of rotatable bonds is 3. The largest absolute Gasteiger partial charge is 0.279 e. The molecule has 20 heavy (non-hydrogen) atoms. The molecule has 2 rings (SSSR count). The number of benzene rings is 2. The summed E-state index contributed by atoms with van der Waals surface area (Å²) in [5.74, 6) is 0. The van der Waals surface area contributed by atoms with Gasteiger partial charge in [-0.05, 0) is 36.8 Å². The highest BCUT2D eigenvalue weighted by Crippen LogP contribution is 2.25. The Balaban J connectivity index is 2.44. The van der Waals surface area contributed by atoms with E-state index in [4.69, 9.17) is 16.9 Å². The first-order valence-electron chi connectivity index (χ1n) is 5.72. The van der Waals surface area contributed by atoms with Crippen LogP contribution in [0.1, 0.15) is 11.1 Å². The van der Waals surface area contributed by atoms with Crippen molar-refractivity contribution in [1.82, 2.24) is 0 Å². The zero-order valence-electron chi connectivity index (χ0n) is 10.6. The quantitative estimate of drug-likeness (QED) is 0.945. The van der Waals surface area contributed by atoms with Crippen molar-refractivity contribution < 1.29 is 8.42 Å². The highest BCUT2D eigenvalue weighted by Gasteiger charge is 2.18. The van der Waals surface area contributed by atoms with E-state index < -0.39 is 10.0 Å². The Kier molecular flexibility index (Phi) is 3.98. The van der Waals surface area contributed by atoms with Crippen molar-refractivity contribution in [1.29, 1.82) is 5.26 Å². The molecule has 4 nitrogen and oxygen atoms in total. The van der Waals surface area contributed by atoms with E-state index in [1.54, 1.807) is 31.2 Å². The van der Waals surface area contributed by atoms with Gasteiger partial charge in [-0.25, -0.2) is 8.42 Å². The molecule has 0 radical (unpaired) electrons. The molecule has 0 saturated heterocycles. The summed E-state index contributed by atoms with van der Waals surface area (Å²) in [6.45, 7) is 1.76. The normalized spacial score (nSPS) is 10.8. The lowest BCUT2D eigenvalue weighted by atomic mass is 10.1. The van der Waals surface area contributed by atoms with Crippen molar-refractivity contribution >= 4 is 27.3 Å². The standard InChI is InChI=1S/C14H11ClN2O2S/c1-10-6-7-11(9-16)8-13(10)17-20(18,19)14-5-3-2-4-12(14)15/h2-8,17H,1H3. The van der Waals surface area contributed by atoms with Gasteiger partial charge in [-0.15, -0.1) is 0 Å². The number of hydrogen-bond donors (Lipinski definition) is 1. The van der Waals surface area contributed by atoms with Gasteiger partial charge in [0.25, 0.3) is 10.0 Å². The molecule has 2 aromatic rings. The van der Waals surface area contributed by atoms with Gasteiger partial charge in [-0.2, -0.15) is 5.26 Å². The van der Waals surface area contributed by atoms with Gasteiger partial charge in [0.1, 0.15) is 4.90 Å². The first kappa shape index (κ1) is 14.4. The third-order valence-electron chi connectivity index (χ3n) is 2.74. The predicted molar refractivity (Wildman–Crippen MR) is 78.2 cm³/mol. The molecular weight excluding hydrogens is 296 g/mol. The minimum atomic E-state index is -3.78. The van der Waals surface area contributed by atoms with Crippen molar-refractivity contribution in [2.75, 3.05) is 4.72 Å². The summed E-state index contributed by atoms with van der Waals surface area (Å²) >= 11 is 5.90. The molecule has 2 aromatic carbocycles. The third-order valence-corrected chi connectivity index (χ3v) is 4.60. The van der Waals surface area contributed by atoms with E-state index in [9.17, 15) is 8.42 Å². The fourth-order valence-corrected chi connectivity index (χ4v) is 3.31. The van der Waals surface area contributed by atoms with E-state index in [2.05, 4.69) is 4.72 Å². The molecule has 0 saturated carbocycles. The van der Waals surface area contributed by atoms with Gasteiger partial charge in [0.2, 0.25) is 0 Å². The maximum absolute atomic E-state index is 12.3. The van der Waals surface area contributed by atoms with Gasteiger partial charge in [0, 0.05) is 0 Å². The summed E-state index contributed by atoms with van der Waals surface area (Å²) < 4.78 is 27.0. The van der Waals surface area contributed by atoms with Crippen LogP contribution in [0.15, 0.2) is 47.4 Å². The van der Waals surface area contributed by atoms with E-state index in [1.165, 1.54) is 18.2 Å². The van der Waals surface area contributed by atoms with E-state index in [0.29, 0.717) is 11.3 Å². The molecule has 0 bridgehead atoms. The monoisotopic (exact) mass is 306 g/mol. The van der Waals surface area contributed by atoms with Crippen LogP contribution in [-0.4, -0.2) is 8.42 Å². The molecule has 1 N–H and O–H groups in total. The number of aryl methyl sites for hydroxylation is 1. The van der Waals surface area contributed by atoms with Crippen LogP contribution >= 0.6 is 11.6 Å². The Hall–Kier alpha value is -2.03. The van der Waals surface area contributed by atoms with Gasteiger partial charge in [0.05, 0.1) is 22.3 Å². The lowest BCUT2D eigenvalue weighted by Gasteiger charge is -2.11. The molecule has 102 valence electrons. The van der Waals surface area contributed by atoms with E-state index >= 15 is 0 Å². The minimum Gasteiger partial charge on any atom is -0.279 e. The summed E-state index contributed by atoms with van der Waals surface area (Å²) in [5.41, 5.74) is 1.47. The van der Waals surface area contributed by atoms with Crippen molar-refractivity contribution in [3.8, 4) is 6.07 Å². The summed E-state index contributed by atoms with van der Waals surface area (Å²) in [5, 5.41) is 9.01. The second kappa shape index (κ2) is 5.53. The number of sulfonamides is 1. The maximum atomic E-state index is 12.3. The summed E-state index contributed by atoms with van der Waals surface area (Å²) in [7, 11) is -3.78. The van der Waals surface area contributed by atoms with E-state index in [0.717, 1.165) is 5.56 Å². The second-order valence-electron chi connectivity index (χ2n) is 4.18. The molecule has 0 spiro atoms. The fraction of sp³-hybridized carbons (Fsp3) is 0.0714. The van der Waals surface area contributed by atoms with Crippen LogP contribution in [0.25, 0.3) is 0 Å². The molecule has 0 aromatic heterocycles. The van der Waals surface area contributed by atoms with E-state index in [-0.39, 0.29) is 9.92 Å². The van der Waals surface area contributed by atoms with Gasteiger partial charge < -0.3 is 0 Å². The second-order valence-corrected chi connectivity index (χ2v) is 6.24. The number of nitriles is 1. The van der Waals surface area contributed by atoms with Crippen molar-refractivity contribution in [2.45, 2.75) is 11.8 Å². The lowest BCUT2D eigenvalue weighted by Crippen LogP contribution is -2.14. The summed E-state index contributed by atoms with van der Waals surface area (Å²) in [4.78, 5) is 0.00317. The van der Waals surface area contributed by atoms with Crippen LogP contribution < -0.4 is 4.72 Å². The number of nitrogens with zero attached hydrogens (tertiary/aromatic N) is 1. The molecule has 0 aliphatic heterocycles. The van der Waals surface area contributed by atoms with Crippen LogP contribution in [0.4, 0.5) is 5.69 Å². The average Bonchev–Trinajstić information content (AvgIpc) is 2.41. The molecule has 0 unspecified atom stereocenters. The van der Waals surface area contributed by atoms with Crippen molar-refractivity contribution in [3.05, 3.63) is 58.6 Å². The molecule has 0 fully saturated rings. The fourth-order valence-electron chi connectivity index (χ4n) is 1.66. The van der Waals surface area contributed by atoms with Crippen LogP contribution in [0.5, 0.6) is 0 Å². The highest BCUT2D eigenvalue weighted by atomic mass is 35.5. The Bertz CT molecular complexity index is 795. The topological polar surface area (TPSA) is 70.0 Å². The van der Waals surface area contributed by atoms with Gasteiger partial charge in [-0.1, -0.05) is 29.8 Å². The summed E-state index contributed by atoms with van der Waals surface area (Å²) in [6, 6.07) is 13.0. The lowest BCUT2D eigenvalue weighted by molar-refractivity contribution is 0.601. The smallest absolute Gasteiger partial charge is 0.263 e. The first-order valence-corrected chi connectivity index (χ1v) is 7.58. The number of anilines is 1. The predicted octanol–water partition coefficient (Wildman–Crippen LogP) is 3.32. The van der Waals surface area contributed by atoms with Crippen molar-refractivity contribution in [3.63, 3.8) is 0 Å². The number of halogens is 1. The minimum absolute atomic E-state index is 0.00317. The van der Waals surface area contributed by atoms with Crippen LogP contribution in [0, 0.1) is 18.3 Å². The molecule has 0 amide bonds. The Morgan fingerprint density at radius 1 is 1.20 bits per heavy atom. The summed E-state index contributed by atoms with van der Waals surface area (Å²) in [6.07, 6.45) is 0. The van der Waals surface area contributed by atoms with Crippen LogP contribution in [-0.2, 0) is 10.0 Å². The van der Waals surface area contributed by atoms with Crippen LogP contribution in [0.2, 0.25) is 5.02 Å². The molecular formula is C14H11ClN2O2S. The zero-order chi connectivity index (χ0) is 14.8.